The lowest BCUT2D eigenvalue weighted by atomic mass is 9.93. The van der Waals surface area contributed by atoms with Crippen LogP contribution < -0.4 is 0 Å². The largest absolute Gasteiger partial charge is 0.0666 e. The molecule has 0 nitrogen and oxygen atoms in total. The van der Waals surface area contributed by atoms with E-state index in [9.17, 15) is 0 Å². The van der Waals surface area contributed by atoms with Crippen molar-refractivity contribution in [3.05, 3.63) is 46.0 Å². The van der Waals surface area contributed by atoms with Crippen LogP contribution >= 0.6 is 0 Å². The van der Waals surface area contributed by atoms with Crippen LogP contribution in [0, 0.1) is 84.9 Å². The molecule has 0 saturated heterocycles. The summed E-state index contributed by atoms with van der Waals surface area (Å²) >= 11 is 0. The third kappa shape index (κ3) is 31.3. The molecule has 0 N–H and O–H groups in total. The highest BCUT2D eigenvalue weighted by molar-refractivity contribution is 5.38. The molecule has 0 radical (unpaired) electrons. The predicted octanol–water partition coefficient (Wildman–Crippen LogP) is 18.0. The van der Waals surface area contributed by atoms with Gasteiger partial charge in [0.15, 0.2) is 0 Å². The topological polar surface area (TPSA) is 0 Å². The zero-order valence-electron chi connectivity index (χ0n) is 40.5. The third-order valence-electron chi connectivity index (χ3n) is 11.6. The summed E-state index contributed by atoms with van der Waals surface area (Å²) in [5.41, 5.74) is 7.62. The van der Waals surface area contributed by atoms with E-state index < -0.39 is 0 Å². The van der Waals surface area contributed by atoms with Gasteiger partial charge in [-0.15, -0.1) is 0 Å². The molecule has 0 amide bonds. The van der Waals surface area contributed by atoms with E-state index in [1.807, 2.05) is 0 Å². The summed E-state index contributed by atoms with van der Waals surface area (Å²) in [5, 5.41) is 0. The zero-order valence-corrected chi connectivity index (χ0v) is 40.5. The summed E-state index contributed by atoms with van der Waals surface area (Å²) in [6, 6.07) is 6.75. The summed E-state index contributed by atoms with van der Waals surface area (Å²) in [7, 11) is 0. The molecule has 0 heterocycles. The Morgan fingerprint density at radius 3 is 1.13 bits per heavy atom. The lowest BCUT2D eigenvalue weighted by Crippen LogP contribution is -2.00. The van der Waals surface area contributed by atoms with E-state index in [1.54, 1.807) is 11.1 Å². The van der Waals surface area contributed by atoms with Crippen LogP contribution in [0.25, 0.3) is 0 Å². The maximum atomic E-state index is 2.37. The minimum absolute atomic E-state index is 0.757. The van der Waals surface area contributed by atoms with E-state index in [1.165, 1.54) is 74.5 Å². The first kappa shape index (κ1) is 55.3. The SMILES string of the molecule is CC(C)CC1C(C)C1C.CC1=C(CC(C)C)C1C.CCC(C)C.CCC(C)CC(C)C.CCC(CC)CC(C)C.Cc1ccc(CC(C)C)cc1C. The van der Waals surface area contributed by atoms with Crippen molar-refractivity contribution in [2.45, 2.75) is 217 Å². The summed E-state index contributed by atoms with van der Waals surface area (Å²) in [6.07, 6.45) is 12.1. The van der Waals surface area contributed by atoms with Crippen LogP contribution in [0.15, 0.2) is 29.3 Å². The van der Waals surface area contributed by atoms with Gasteiger partial charge >= 0.3 is 0 Å². The maximum Gasteiger partial charge on any atom is -0.00184 e. The van der Waals surface area contributed by atoms with Gasteiger partial charge in [0, 0.05) is 0 Å². The van der Waals surface area contributed by atoms with Crippen molar-refractivity contribution in [2.75, 3.05) is 0 Å². The highest BCUT2D eigenvalue weighted by Crippen LogP contribution is 2.49. The molecule has 0 spiro atoms. The van der Waals surface area contributed by atoms with Crippen LogP contribution in [0.5, 0.6) is 0 Å². The van der Waals surface area contributed by atoms with Crippen molar-refractivity contribution in [1.29, 1.82) is 0 Å². The smallest absolute Gasteiger partial charge is 0.00184 e. The summed E-state index contributed by atoms with van der Waals surface area (Å²) in [5.74, 6) is 11.0. The first-order chi connectivity index (χ1) is 24.0. The average molecular weight is 727 g/mol. The fourth-order valence-corrected chi connectivity index (χ4v) is 6.73. The molecule has 0 bridgehead atoms. The number of hydrogen-bond donors (Lipinski definition) is 0. The van der Waals surface area contributed by atoms with Crippen molar-refractivity contribution < 1.29 is 0 Å². The fraction of sp³-hybridized carbons (Fsp3) is 0.846. The molecule has 1 aromatic carbocycles. The van der Waals surface area contributed by atoms with Crippen molar-refractivity contribution in [3.63, 3.8) is 0 Å². The monoisotopic (exact) mass is 727 g/mol. The molecule has 1 fully saturated rings. The highest BCUT2D eigenvalue weighted by Gasteiger charge is 2.42. The van der Waals surface area contributed by atoms with E-state index in [4.69, 9.17) is 0 Å². The lowest BCUT2D eigenvalue weighted by Gasteiger charge is -2.13. The van der Waals surface area contributed by atoms with Crippen molar-refractivity contribution in [3.8, 4) is 0 Å². The Balaban J connectivity index is -0.000000563. The summed E-state index contributed by atoms with van der Waals surface area (Å²) in [6.45, 7) is 52.3. The Kier molecular flexibility index (Phi) is 33.2. The molecule has 2 aliphatic rings. The van der Waals surface area contributed by atoms with E-state index in [-0.39, 0.29) is 0 Å². The van der Waals surface area contributed by atoms with Crippen molar-refractivity contribution in [2.24, 2.45) is 71.0 Å². The molecule has 1 saturated carbocycles. The molecule has 0 aliphatic heterocycles. The van der Waals surface area contributed by atoms with Crippen molar-refractivity contribution in [1.82, 2.24) is 0 Å². The third-order valence-corrected chi connectivity index (χ3v) is 11.6. The molecule has 4 unspecified atom stereocenters. The second-order valence-electron chi connectivity index (χ2n) is 19.8. The van der Waals surface area contributed by atoms with Gasteiger partial charge in [-0.25, -0.2) is 0 Å². The van der Waals surface area contributed by atoms with Gasteiger partial charge in [0.05, 0.1) is 0 Å². The first-order valence-electron chi connectivity index (χ1n) is 22.7. The second kappa shape index (κ2) is 31.2. The predicted molar refractivity (Wildman–Crippen MR) is 245 cm³/mol. The molecule has 0 aromatic heterocycles. The van der Waals surface area contributed by atoms with E-state index in [0.29, 0.717) is 0 Å². The van der Waals surface area contributed by atoms with Gasteiger partial charge in [0.1, 0.15) is 0 Å². The second-order valence-corrected chi connectivity index (χ2v) is 19.8. The van der Waals surface area contributed by atoms with Crippen LogP contribution in [0.3, 0.4) is 0 Å². The van der Waals surface area contributed by atoms with E-state index in [0.717, 1.165) is 71.0 Å². The highest BCUT2D eigenvalue weighted by atomic mass is 14.5. The van der Waals surface area contributed by atoms with Crippen LogP contribution in [0.4, 0.5) is 0 Å². The Hall–Kier alpha value is -1.04. The maximum absolute atomic E-state index is 2.37. The van der Waals surface area contributed by atoms with Gasteiger partial charge in [-0.1, -0.05) is 194 Å². The Bertz CT molecular complexity index is 965. The average Bonchev–Trinajstić information content (AvgIpc) is 3.83. The molecule has 0 heteroatoms. The van der Waals surface area contributed by atoms with E-state index >= 15 is 0 Å². The standard InChI is InChI=1S/C12H18.C9H18.C9H16.C9H20.C8H18.C5H12/c1-9(2)7-12-6-5-10(3)11(4)8-12;2*1-6(2)5-9-7(3)8(9)4;1-5-9(6-2)7-8(3)4;1-5-8(4)6-7(2)3;1-4-5(2)3/h5-6,8-9H,7H2,1-4H3;6-9H,5H2,1-4H3;6-7H,5H2,1-4H3;8-9H,5-7H2,1-4H3;7-8H,5-6H2,1-4H3;5H,4H2,1-3H3. The molecule has 3 rings (SSSR count). The molecule has 310 valence electrons. The minimum atomic E-state index is 0.757. The number of rotatable bonds is 14. The van der Waals surface area contributed by atoms with E-state index in [2.05, 4.69) is 177 Å². The molecule has 2 aliphatic carbocycles. The molecular weight excluding hydrogens is 625 g/mol. The van der Waals surface area contributed by atoms with Gasteiger partial charge < -0.3 is 0 Å². The number of hydrogen-bond acceptors (Lipinski definition) is 0. The molecule has 4 atom stereocenters. The summed E-state index contributed by atoms with van der Waals surface area (Å²) in [4.78, 5) is 0. The zero-order chi connectivity index (χ0) is 41.3. The van der Waals surface area contributed by atoms with Crippen LogP contribution in [0.2, 0.25) is 0 Å². The Morgan fingerprint density at radius 2 is 0.942 bits per heavy atom. The first-order valence-corrected chi connectivity index (χ1v) is 22.7. The van der Waals surface area contributed by atoms with Crippen molar-refractivity contribution >= 4 is 0 Å². The minimum Gasteiger partial charge on any atom is -0.0666 e. The van der Waals surface area contributed by atoms with Gasteiger partial charge in [0.25, 0.3) is 0 Å². The lowest BCUT2D eigenvalue weighted by molar-refractivity contribution is 0.388. The molecule has 1 aromatic rings. The Morgan fingerprint density at radius 1 is 0.500 bits per heavy atom. The van der Waals surface area contributed by atoms with Crippen LogP contribution in [0.1, 0.15) is 213 Å². The molecule has 52 heavy (non-hydrogen) atoms. The van der Waals surface area contributed by atoms with Gasteiger partial charge in [-0.3, -0.25) is 0 Å². The molecular formula is C52H102. The van der Waals surface area contributed by atoms with Crippen LogP contribution in [-0.4, -0.2) is 0 Å². The Labute approximate surface area is 333 Å². The quantitative estimate of drug-likeness (QED) is 0.167. The number of allylic oxidation sites excluding steroid dienone is 2. The fourth-order valence-electron chi connectivity index (χ4n) is 6.73. The number of benzene rings is 1. The summed E-state index contributed by atoms with van der Waals surface area (Å²) < 4.78 is 0. The van der Waals surface area contributed by atoms with Gasteiger partial charge in [-0.05, 0) is 141 Å². The number of aryl methyl sites for hydroxylation is 2. The van der Waals surface area contributed by atoms with Gasteiger partial charge in [-0.2, -0.15) is 0 Å². The van der Waals surface area contributed by atoms with Gasteiger partial charge in [0.2, 0.25) is 0 Å². The van der Waals surface area contributed by atoms with Crippen LogP contribution in [-0.2, 0) is 6.42 Å². The normalized spacial score (nSPS) is 19.3.